The van der Waals surface area contributed by atoms with E-state index in [1.807, 2.05) is 18.2 Å². The summed E-state index contributed by atoms with van der Waals surface area (Å²) in [5, 5.41) is 11.8. The average Bonchev–Trinajstić information content (AvgIpc) is 2.98. The molecule has 17 heavy (non-hydrogen) atoms. The molecule has 2 unspecified atom stereocenters. The molecule has 1 fully saturated rings. The maximum Gasteiger partial charge on any atom is 0.154 e. The number of aromatic nitrogens is 3. The normalized spacial score (nSPS) is 24.1. The average molecular weight is 228 g/mol. The third-order valence-electron chi connectivity index (χ3n) is 3.42. The van der Waals surface area contributed by atoms with E-state index in [0.29, 0.717) is 12.0 Å². The number of benzene rings is 1. The summed E-state index contributed by atoms with van der Waals surface area (Å²) in [5.74, 6) is 1.63. The molecular formula is C13H16N4. The van der Waals surface area contributed by atoms with Crippen molar-refractivity contribution in [2.75, 3.05) is 6.54 Å². The maximum absolute atomic E-state index is 4.28. The van der Waals surface area contributed by atoms with Crippen molar-refractivity contribution in [1.29, 1.82) is 0 Å². The zero-order chi connectivity index (χ0) is 11.7. The first-order valence-corrected chi connectivity index (χ1v) is 6.05. The third-order valence-corrected chi connectivity index (χ3v) is 3.42. The predicted octanol–water partition coefficient (Wildman–Crippen LogP) is 1.94. The van der Waals surface area contributed by atoms with Gasteiger partial charge in [0.2, 0.25) is 0 Å². The summed E-state index contributed by atoms with van der Waals surface area (Å²) in [6.07, 6.45) is 2.99. The van der Waals surface area contributed by atoms with Crippen LogP contribution in [0.1, 0.15) is 25.2 Å². The first kappa shape index (κ1) is 10.5. The summed E-state index contributed by atoms with van der Waals surface area (Å²) in [6.45, 7) is 3.32. The molecule has 0 aliphatic carbocycles. The minimum Gasteiger partial charge on any atom is -0.307 e. The van der Waals surface area contributed by atoms with Crippen LogP contribution in [0.2, 0.25) is 0 Å². The van der Waals surface area contributed by atoms with Gasteiger partial charge < -0.3 is 5.32 Å². The lowest BCUT2D eigenvalue weighted by Gasteiger charge is -2.16. The largest absolute Gasteiger partial charge is 0.307 e. The highest BCUT2D eigenvalue weighted by Crippen LogP contribution is 2.28. The van der Waals surface area contributed by atoms with E-state index in [1.165, 1.54) is 6.42 Å². The molecule has 3 rings (SSSR count). The lowest BCUT2D eigenvalue weighted by Crippen LogP contribution is -2.20. The van der Waals surface area contributed by atoms with E-state index in [0.717, 1.165) is 18.1 Å². The standard InChI is InChI=1S/C13H16N4/c1-10-7-8-14-12(10)13-16-15-9-17(13)11-5-3-2-4-6-11/h2-6,9-10,12,14H,7-8H2,1H3. The predicted molar refractivity (Wildman–Crippen MR) is 65.9 cm³/mol. The van der Waals surface area contributed by atoms with Crippen molar-refractivity contribution in [3.8, 4) is 5.69 Å². The smallest absolute Gasteiger partial charge is 0.154 e. The lowest BCUT2D eigenvalue weighted by atomic mass is 10.0. The number of para-hydroxylation sites is 1. The van der Waals surface area contributed by atoms with E-state index >= 15 is 0 Å². The molecule has 2 atom stereocenters. The Morgan fingerprint density at radius 1 is 1.29 bits per heavy atom. The minimum atomic E-state index is 0.317. The van der Waals surface area contributed by atoms with E-state index in [-0.39, 0.29) is 0 Å². The van der Waals surface area contributed by atoms with Crippen LogP contribution in [0.5, 0.6) is 0 Å². The maximum atomic E-state index is 4.28. The van der Waals surface area contributed by atoms with Gasteiger partial charge in [-0.2, -0.15) is 0 Å². The summed E-state index contributed by atoms with van der Waals surface area (Å²) in [5.41, 5.74) is 1.12. The van der Waals surface area contributed by atoms with Crippen LogP contribution in [0.25, 0.3) is 5.69 Å². The van der Waals surface area contributed by atoms with E-state index in [4.69, 9.17) is 0 Å². The van der Waals surface area contributed by atoms with Crippen LogP contribution in [0, 0.1) is 5.92 Å². The van der Waals surface area contributed by atoms with Gasteiger partial charge in [-0.25, -0.2) is 0 Å². The summed E-state index contributed by atoms with van der Waals surface area (Å²) >= 11 is 0. The van der Waals surface area contributed by atoms with Crippen LogP contribution < -0.4 is 5.32 Å². The van der Waals surface area contributed by atoms with Gasteiger partial charge in [0.1, 0.15) is 6.33 Å². The molecule has 0 amide bonds. The molecule has 4 heteroatoms. The summed E-state index contributed by atoms with van der Waals surface area (Å²) in [7, 11) is 0. The Labute approximate surface area is 101 Å². The van der Waals surface area contributed by atoms with Crippen LogP contribution >= 0.6 is 0 Å². The Morgan fingerprint density at radius 3 is 2.82 bits per heavy atom. The molecule has 0 bridgehead atoms. The van der Waals surface area contributed by atoms with Gasteiger partial charge in [-0.05, 0) is 31.0 Å². The van der Waals surface area contributed by atoms with Gasteiger partial charge >= 0.3 is 0 Å². The van der Waals surface area contributed by atoms with Crippen molar-refractivity contribution in [3.05, 3.63) is 42.5 Å². The molecular weight excluding hydrogens is 212 g/mol. The molecule has 2 heterocycles. The number of hydrogen-bond donors (Lipinski definition) is 1. The zero-order valence-electron chi connectivity index (χ0n) is 9.87. The second kappa shape index (κ2) is 4.30. The van der Waals surface area contributed by atoms with Crippen LogP contribution in [-0.2, 0) is 0 Å². The number of nitrogens with one attached hydrogen (secondary N) is 1. The van der Waals surface area contributed by atoms with E-state index < -0.39 is 0 Å². The summed E-state index contributed by atoms with van der Waals surface area (Å²) in [6, 6.07) is 10.6. The second-order valence-electron chi connectivity index (χ2n) is 4.59. The Bertz CT molecular complexity index is 491. The van der Waals surface area contributed by atoms with Crippen molar-refractivity contribution in [1.82, 2.24) is 20.1 Å². The Balaban J connectivity index is 2.00. The molecule has 0 spiro atoms. The molecule has 1 aromatic heterocycles. The number of nitrogens with zero attached hydrogens (tertiary/aromatic N) is 3. The van der Waals surface area contributed by atoms with Gasteiger partial charge in [-0.1, -0.05) is 25.1 Å². The summed E-state index contributed by atoms with van der Waals surface area (Å²) in [4.78, 5) is 0. The molecule has 1 saturated heterocycles. The number of hydrogen-bond acceptors (Lipinski definition) is 3. The lowest BCUT2D eigenvalue weighted by molar-refractivity contribution is 0.472. The molecule has 88 valence electrons. The van der Waals surface area contributed by atoms with Crippen molar-refractivity contribution in [3.63, 3.8) is 0 Å². The quantitative estimate of drug-likeness (QED) is 0.854. The first-order valence-electron chi connectivity index (χ1n) is 6.05. The molecule has 2 aromatic rings. The molecule has 4 nitrogen and oxygen atoms in total. The van der Waals surface area contributed by atoms with Crippen molar-refractivity contribution < 1.29 is 0 Å². The van der Waals surface area contributed by atoms with Gasteiger partial charge in [-0.15, -0.1) is 10.2 Å². The van der Waals surface area contributed by atoms with E-state index in [1.54, 1.807) is 6.33 Å². The highest BCUT2D eigenvalue weighted by atomic mass is 15.3. The van der Waals surface area contributed by atoms with Crippen LogP contribution in [-0.4, -0.2) is 21.3 Å². The fraction of sp³-hybridized carbons (Fsp3) is 0.385. The highest BCUT2D eigenvalue weighted by Gasteiger charge is 2.28. The van der Waals surface area contributed by atoms with Gasteiger partial charge in [-0.3, -0.25) is 4.57 Å². The highest BCUT2D eigenvalue weighted by molar-refractivity contribution is 5.32. The topological polar surface area (TPSA) is 42.7 Å². The molecule has 1 aliphatic rings. The summed E-state index contributed by atoms with van der Waals surface area (Å²) < 4.78 is 2.07. The van der Waals surface area contributed by atoms with Gasteiger partial charge in [0.05, 0.1) is 6.04 Å². The van der Waals surface area contributed by atoms with E-state index in [2.05, 4.69) is 39.1 Å². The van der Waals surface area contributed by atoms with Crippen LogP contribution in [0.3, 0.4) is 0 Å². The van der Waals surface area contributed by atoms with E-state index in [9.17, 15) is 0 Å². The Kier molecular flexibility index (Phi) is 2.65. The molecule has 0 radical (unpaired) electrons. The second-order valence-corrected chi connectivity index (χ2v) is 4.59. The first-order chi connectivity index (χ1) is 8.36. The van der Waals surface area contributed by atoms with Crippen molar-refractivity contribution in [2.24, 2.45) is 5.92 Å². The number of rotatable bonds is 2. The molecule has 0 saturated carbocycles. The van der Waals surface area contributed by atoms with Gasteiger partial charge in [0, 0.05) is 5.69 Å². The Hall–Kier alpha value is -1.68. The SMILES string of the molecule is CC1CCNC1c1nncn1-c1ccccc1. The molecule has 1 aliphatic heterocycles. The third kappa shape index (κ3) is 1.85. The van der Waals surface area contributed by atoms with Gasteiger partial charge in [0.25, 0.3) is 0 Å². The van der Waals surface area contributed by atoms with Crippen LogP contribution in [0.15, 0.2) is 36.7 Å². The van der Waals surface area contributed by atoms with Crippen molar-refractivity contribution >= 4 is 0 Å². The van der Waals surface area contributed by atoms with Crippen LogP contribution in [0.4, 0.5) is 0 Å². The molecule has 1 N–H and O–H groups in total. The zero-order valence-corrected chi connectivity index (χ0v) is 9.87. The van der Waals surface area contributed by atoms with Gasteiger partial charge in [0.15, 0.2) is 5.82 Å². The van der Waals surface area contributed by atoms with Crippen molar-refractivity contribution in [2.45, 2.75) is 19.4 Å². The molecule has 1 aromatic carbocycles. The Morgan fingerprint density at radius 2 is 2.12 bits per heavy atom. The monoisotopic (exact) mass is 228 g/mol. The fourth-order valence-corrected chi connectivity index (χ4v) is 2.42. The fourth-order valence-electron chi connectivity index (χ4n) is 2.42. The minimum absolute atomic E-state index is 0.317.